The van der Waals surface area contributed by atoms with Gasteiger partial charge < -0.3 is 15.2 Å². The van der Waals surface area contributed by atoms with Crippen LogP contribution in [0.5, 0.6) is 0 Å². The van der Waals surface area contributed by atoms with Gasteiger partial charge in [-0.15, -0.1) is 0 Å². The molecule has 0 bridgehead atoms. The quantitative estimate of drug-likeness (QED) is 0.710. The zero-order valence-electron chi connectivity index (χ0n) is 12.7. The van der Waals surface area contributed by atoms with E-state index in [1.54, 1.807) is 31.2 Å². The van der Waals surface area contributed by atoms with E-state index in [0.29, 0.717) is 11.3 Å². The molecule has 2 rings (SSSR count). The van der Waals surface area contributed by atoms with Crippen LogP contribution in [-0.4, -0.2) is 23.8 Å². The number of nitrogens with one attached hydrogen (secondary N) is 2. The van der Waals surface area contributed by atoms with E-state index in [0.717, 1.165) is 5.69 Å². The smallest absolute Gasteiger partial charge is 0.409 e. The van der Waals surface area contributed by atoms with Crippen LogP contribution in [0.25, 0.3) is 0 Å². The third-order valence-electron chi connectivity index (χ3n) is 3.12. The van der Waals surface area contributed by atoms with Crippen LogP contribution >= 0.6 is 0 Å². The van der Waals surface area contributed by atoms with Crippen LogP contribution in [0.1, 0.15) is 18.5 Å². The topological polar surface area (TPSA) is 87.7 Å². The predicted octanol–water partition coefficient (Wildman–Crippen LogP) is 3.49. The first-order valence-corrected chi connectivity index (χ1v) is 7.19. The molecular formula is C17H18N2O4. The molecule has 2 aromatic carbocycles. The van der Waals surface area contributed by atoms with Crippen molar-refractivity contribution in [3.05, 3.63) is 60.2 Å². The summed E-state index contributed by atoms with van der Waals surface area (Å²) >= 11 is 0. The molecule has 0 aliphatic heterocycles. The minimum Gasteiger partial charge on any atom is -0.465 e. The molecule has 0 aliphatic carbocycles. The molecule has 0 saturated carbocycles. The Morgan fingerprint density at radius 3 is 2.39 bits per heavy atom. The van der Waals surface area contributed by atoms with Gasteiger partial charge in [0.1, 0.15) is 0 Å². The van der Waals surface area contributed by atoms with Gasteiger partial charge in [0.05, 0.1) is 6.61 Å². The third-order valence-corrected chi connectivity index (χ3v) is 3.12. The molecular weight excluding hydrogens is 296 g/mol. The van der Waals surface area contributed by atoms with Crippen LogP contribution in [-0.2, 0) is 9.53 Å². The first-order chi connectivity index (χ1) is 11.1. The van der Waals surface area contributed by atoms with Gasteiger partial charge in [-0.2, -0.15) is 0 Å². The van der Waals surface area contributed by atoms with Gasteiger partial charge in [0, 0.05) is 16.9 Å². The summed E-state index contributed by atoms with van der Waals surface area (Å²) in [6, 6.07) is 15.1. The highest BCUT2D eigenvalue weighted by Gasteiger charge is 2.25. The molecule has 120 valence electrons. The minimum absolute atomic E-state index is 0.236. The number of hydrogen-bond donors (Lipinski definition) is 3. The fourth-order valence-electron chi connectivity index (χ4n) is 2.17. The van der Waals surface area contributed by atoms with Crippen molar-refractivity contribution in [3.63, 3.8) is 0 Å². The Labute approximate surface area is 134 Å². The standard InChI is InChI=1S/C17H18N2O4/c1-2-23-16(20)15(18-12-8-4-3-5-9-12)13-10-6-7-11-14(13)19-17(21)22/h3-11,15,18-19H,2H2,1H3,(H,21,22). The number of amides is 1. The summed E-state index contributed by atoms with van der Waals surface area (Å²) < 4.78 is 5.11. The minimum atomic E-state index is -1.19. The molecule has 1 amide bonds. The summed E-state index contributed by atoms with van der Waals surface area (Å²) in [7, 11) is 0. The Bertz CT molecular complexity index is 673. The number of rotatable bonds is 6. The monoisotopic (exact) mass is 314 g/mol. The largest absolute Gasteiger partial charge is 0.465 e. The van der Waals surface area contributed by atoms with Gasteiger partial charge in [-0.25, -0.2) is 9.59 Å². The van der Waals surface area contributed by atoms with Crippen molar-refractivity contribution < 1.29 is 19.4 Å². The Balaban J connectivity index is 2.37. The lowest BCUT2D eigenvalue weighted by atomic mass is 10.0. The molecule has 23 heavy (non-hydrogen) atoms. The maximum atomic E-state index is 12.3. The van der Waals surface area contributed by atoms with E-state index in [1.807, 2.05) is 30.3 Å². The first kappa shape index (κ1) is 16.4. The molecule has 1 atom stereocenters. The number of ether oxygens (including phenoxy) is 1. The van der Waals surface area contributed by atoms with Crippen molar-refractivity contribution in [1.29, 1.82) is 0 Å². The number of carbonyl (C=O) groups excluding carboxylic acids is 1. The molecule has 6 nitrogen and oxygen atoms in total. The van der Waals surface area contributed by atoms with Crippen molar-refractivity contribution in [3.8, 4) is 0 Å². The molecule has 2 aromatic rings. The highest BCUT2D eigenvalue weighted by Crippen LogP contribution is 2.27. The summed E-state index contributed by atoms with van der Waals surface area (Å²) in [6.07, 6.45) is -1.19. The van der Waals surface area contributed by atoms with Crippen molar-refractivity contribution in [2.45, 2.75) is 13.0 Å². The fraction of sp³-hybridized carbons (Fsp3) is 0.176. The second-order valence-electron chi connectivity index (χ2n) is 4.71. The van der Waals surface area contributed by atoms with E-state index in [4.69, 9.17) is 9.84 Å². The predicted molar refractivity (Wildman–Crippen MR) is 87.5 cm³/mol. The molecule has 0 heterocycles. The van der Waals surface area contributed by atoms with Crippen molar-refractivity contribution >= 4 is 23.4 Å². The normalized spacial score (nSPS) is 11.3. The number of carbonyl (C=O) groups is 2. The lowest BCUT2D eigenvalue weighted by molar-refractivity contribution is -0.144. The van der Waals surface area contributed by atoms with Gasteiger partial charge in [-0.05, 0) is 25.1 Å². The molecule has 1 unspecified atom stereocenters. The number of benzene rings is 2. The lowest BCUT2D eigenvalue weighted by Gasteiger charge is -2.21. The SMILES string of the molecule is CCOC(=O)C(Nc1ccccc1)c1ccccc1NC(=O)O. The van der Waals surface area contributed by atoms with E-state index in [9.17, 15) is 9.59 Å². The first-order valence-electron chi connectivity index (χ1n) is 7.19. The molecule has 0 aliphatic rings. The van der Waals surface area contributed by atoms with Crippen LogP contribution in [0.15, 0.2) is 54.6 Å². The fourth-order valence-corrected chi connectivity index (χ4v) is 2.17. The molecule has 6 heteroatoms. The van der Waals surface area contributed by atoms with Gasteiger partial charge in [-0.1, -0.05) is 36.4 Å². The number of hydrogen-bond acceptors (Lipinski definition) is 4. The van der Waals surface area contributed by atoms with Crippen molar-refractivity contribution in [1.82, 2.24) is 0 Å². The number of esters is 1. The van der Waals surface area contributed by atoms with Crippen LogP contribution in [0.3, 0.4) is 0 Å². The number of anilines is 2. The number of carboxylic acid groups (broad SMARTS) is 1. The van der Waals surface area contributed by atoms with E-state index >= 15 is 0 Å². The summed E-state index contributed by atoms with van der Waals surface area (Å²) in [5.41, 5.74) is 1.56. The maximum Gasteiger partial charge on any atom is 0.409 e. The highest BCUT2D eigenvalue weighted by molar-refractivity contribution is 5.88. The Morgan fingerprint density at radius 2 is 1.74 bits per heavy atom. The van der Waals surface area contributed by atoms with E-state index in [2.05, 4.69) is 10.6 Å². The van der Waals surface area contributed by atoms with Crippen molar-refractivity contribution in [2.75, 3.05) is 17.2 Å². The average molecular weight is 314 g/mol. The molecule has 3 N–H and O–H groups in total. The summed E-state index contributed by atoms with van der Waals surface area (Å²) in [6.45, 7) is 1.96. The molecule has 0 saturated heterocycles. The second-order valence-corrected chi connectivity index (χ2v) is 4.71. The van der Waals surface area contributed by atoms with Gasteiger partial charge in [0.2, 0.25) is 0 Å². The zero-order valence-corrected chi connectivity index (χ0v) is 12.7. The Hall–Kier alpha value is -3.02. The molecule has 0 fully saturated rings. The van der Waals surface area contributed by atoms with Gasteiger partial charge in [0.15, 0.2) is 6.04 Å². The van der Waals surface area contributed by atoms with Crippen molar-refractivity contribution in [2.24, 2.45) is 0 Å². The lowest BCUT2D eigenvalue weighted by Crippen LogP contribution is -2.25. The number of para-hydroxylation sites is 2. The zero-order chi connectivity index (χ0) is 16.7. The molecule has 0 radical (unpaired) electrons. The highest BCUT2D eigenvalue weighted by atomic mass is 16.5. The maximum absolute atomic E-state index is 12.3. The Kier molecular flexibility index (Phi) is 5.57. The molecule has 0 spiro atoms. The summed E-state index contributed by atoms with van der Waals surface area (Å²) in [5.74, 6) is -0.476. The van der Waals surface area contributed by atoms with Crippen LogP contribution in [0, 0.1) is 0 Å². The van der Waals surface area contributed by atoms with Crippen LogP contribution in [0.4, 0.5) is 16.2 Å². The molecule has 0 aromatic heterocycles. The summed E-state index contributed by atoms with van der Waals surface area (Å²) in [5, 5.41) is 14.3. The van der Waals surface area contributed by atoms with Gasteiger partial charge in [-0.3, -0.25) is 5.32 Å². The van der Waals surface area contributed by atoms with Crippen LogP contribution in [0.2, 0.25) is 0 Å². The van der Waals surface area contributed by atoms with Gasteiger partial charge in [0.25, 0.3) is 0 Å². The Morgan fingerprint density at radius 1 is 1.09 bits per heavy atom. The second kappa shape index (κ2) is 7.84. The van der Waals surface area contributed by atoms with Gasteiger partial charge >= 0.3 is 12.1 Å². The van der Waals surface area contributed by atoms with E-state index in [1.165, 1.54) is 0 Å². The van der Waals surface area contributed by atoms with E-state index in [-0.39, 0.29) is 6.61 Å². The summed E-state index contributed by atoms with van der Waals surface area (Å²) in [4.78, 5) is 23.3. The third kappa shape index (κ3) is 4.47. The van der Waals surface area contributed by atoms with Crippen LogP contribution < -0.4 is 10.6 Å². The average Bonchev–Trinajstić information content (AvgIpc) is 2.54. The van der Waals surface area contributed by atoms with E-state index < -0.39 is 18.1 Å².